The standard InChI is InChI=1S/C11H15F3N2O/c12-11(13,14)6-5-10(17)16(8-7-15)9-3-1-2-4-9/h9H,1-6,8H2. The minimum atomic E-state index is -4.32. The average Bonchev–Trinajstić information content (AvgIpc) is 2.74. The van der Waals surface area contributed by atoms with Gasteiger partial charge in [-0.25, -0.2) is 0 Å². The third-order valence-corrected chi connectivity index (χ3v) is 2.95. The fourth-order valence-corrected chi connectivity index (χ4v) is 2.11. The zero-order valence-corrected chi connectivity index (χ0v) is 9.46. The lowest BCUT2D eigenvalue weighted by atomic mass is 10.1. The van der Waals surface area contributed by atoms with E-state index >= 15 is 0 Å². The van der Waals surface area contributed by atoms with Crippen LogP contribution in [0.3, 0.4) is 0 Å². The largest absolute Gasteiger partial charge is 0.389 e. The molecule has 6 heteroatoms. The molecule has 1 amide bonds. The molecule has 0 N–H and O–H groups in total. The van der Waals surface area contributed by atoms with Crippen molar-refractivity contribution in [2.75, 3.05) is 6.54 Å². The number of carbonyl (C=O) groups excluding carboxylic acids is 1. The molecule has 17 heavy (non-hydrogen) atoms. The van der Waals surface area contributed by atoms with Crippen molar-refractivity contribution in [3.63, 3.8) is 0 Å². The molecule has 3 nitrogen and oxygen atoms in total. The van der Waals surface area contributed by atoms with Crippen LogP contribution < -0.4 is 0 Å². The highest BCUT2D eigenvalue weighted by Gasteiger charge is 2.31. The van der Waals surface area contributed by atoms with E-state index in [9.17, 15) is 18.0 Å². The van der Waals surface area contributed by atoms with Crippen LogP contribution in [-0.2, 0) is 4.79 Å². The summed E-state index contributed by atoms with van der Waals surface area (Å²) < 4.78 is 36.0. The predicted octanol–water partition coefficient (Wildman–Crippen LogP) is 2.62. The molecule has 0 aromatic carbocycles. The SMILES string of the molecule is N#CCN(C(=O)CCC(F)(F)F)C1CCCC1. The summed E-state index contributed by atoms with van der Waals surface area (Å²) in [7, 11) is 0. The Bertz CT molecular complexity index is 303. The third-order valence-electron chi connectivity index (χ3n) is 2.95. The molecule has 0 atom stereocenters. The van der Waals surface area contributed by atoms with E-state index in [4.69, 9.17) is 5.26 Å². The molecule has 0 radical (unpaired) electrons. The molecule has 0 aromatic heterocycles. The van der Waals surface area contributed by atoms with E-state index < -0.39 is 24.9 Å². The number of hydrogen-bond acceptors (Lipinski definition) is 2. The molecule has 1 saturated carbocycles. The van der Waals surface area contributed by atoms with Crippen LogP contribution >= 0.6 is 0 Å². The summed E-state index contributed by atoms with van der Waals surface area (Å²) >= 11 is 0. The van der Waals surface area contributed by atoms with Gasteiger partial charge in [-0.1, -0.05) is 12.8 Å². The zero-order valence-electron chi connectivity index (χ0n) is 9.46. The minimum absolute atomic E-state index is 0.0459. The van der Waals surface area contributed by atoms with Gasteiger partial charge in [0.2, 0.25) is 5.91 Å². The number of carbonyl (C=O) groups is 1. The highest BCUT2D eigenvalue weighted by molar-refractivity contribution is 5.76. The number of amides is 1. The fourth-order valence-electron chi connectivity index (χ4n) is 2.11. The van der Waals surface area contributed by atoms with E-state index in [0.29, 0.717) is 0 Å². The number of rotatable bonds is 4. The Balaban J connectivity index is 2.52. The van der Waals surface area contributed by atoms with Crippen LogP contribution in [0.1, 0.15) is 38.5 Å². The highest BCUT2D eigenvalue weighted by atomic mass is 19.4. The molecule has 0 unspecified atom stereocenters. The third kappa shape index (κ3) is 4.63. The van der Waals surface area contributed by atoms with Crippen molar-refractivity contribution in [3.05, 3.63) is 0 Å². The van der Waals surface area contributed by atoms with Gasteiger partial charge in [-0.05, 0) is 12.8 Å². The Labute approximate surface area is 98.2 Å². The van der Waals surface area contributed by atoms with Crippen LogP contribution in [-0.4, -0.2) is 29.6 Å². The first-order valence-electron chi connectivity index (χ1n) is 5.67. The number of alkyl halides is 3. The van der Waals surface area contributed by atoms with E-state index in [1.807, 2.05) is 6.07 Å². The maximum atomic E-state index is 12.0. The van der Waals surface area contributed by atoms with Gasteiger partial charge in [-0.2, -0.15) is 18.4 Å². The van der Waals surface area contributed by atoms with E-state index in [-0.39, 0.29) is 12.6 Å². The summed E-state index contributed by atoms with van der Waals surface area (Å²) in [5.74, 6) is -0.559. The van der Waals surface area contributed by atoms with Gasteiger partial charge in [0.15, 0.2) is 0 Å². The van der Waals surface area contributed by atoms with E-state index in [1.165, 1.54) is 4.90 Å². The number of halogens is 3. The monoisotopic (exact) mass is 248 g/mol. The summed E-state index contributed by atoms with van der Waals surface area (Å²) in [5, 5.41) is 8.61. The molecule has 1 aliphatic carbocycles. The van der Waals surface area contributed by atoms with Gasteiger partial charge < -0.3 is 4.90 Å². The van der Waals surface area contributed by atoms with Crippen molar-refractivity contribution in [2.45, 2.75) is 50.7 Å². The van der Waals surface area contributed by atoms with Crippen LogP contribution in [0, 0.1) is 11.3 Å². The molecule has 1 fully saturated rings. The second-order valence-corrected chi connectivity index (χ2v) is 4.23. The molecule has 0 saturated heterocycles. The van der Waals surface area contributed by atoms with Gasteiger partial charge in [-0.3, -0.25) is 4.79 Å². The molecule has 1 aliphatic rings. The maximum absolute atomic E-state index is 12.0. The van der Waals surface area contributed by atoms with Crippen LogP contribution in [0.4, 0.5) is 13.2 Å². The lowest BCUT2D eigenvalue weighted by Crippen LogP contribution is -2.39. The van der Waals surface area contributed by atoms with Gasteiger partial charge >= 0.3 is 6.18 Å². The van der Waals surface area contributed by atoms with E-state index in [0.717, 1.165) is 25.7 Å². The fraction of sp³-hybridized carbons (Fsp3) is 0.818. The predicted molar refractivity (Wildman–Crippen MR) is 54.9 cm³/mol. The Morgan fingerprint density at radius 1 is 1.35 bits per heavy atom. The topological polar surface area (TPSA) is 44.1 Å². The minimum Gasteiger partial charge on any atom is -0.326 e. The molecule has 96 valence electrons. The van der Waals surface area contributed by atoms with Gasteiger partial charge in [0.05, 0.1) is 12.5 Å². The van der Waals surface area contributed by atoms with E-state index in [1.54, 1.807) is 0 Å². The molecule has 0 heterocycles. The first kappa shape index (κ1) is 13.8. The average molecular weight is 248 g/mol. The lowest BCUT2D eigenvalue weighted by molar-refractivity contribution is -0.150. The first-order chi connectivity index (χ1) is 7.94. The molecular weight excluding hydrogens is 233 g/mol. The maximum Gasteiger partial charge on any atom is 0.389 e. The second-order valence-electron chi connectivity index (χ2n) is 4.23. The molecule has 0 spiro atoms. The summed E-state index contributed by atoms with van der Waals surface area (Å²) in [6.07, 6.45) is -2.46. The molecule has 0 aliphatic heterocycles. The number of nitrogens with zero attached hydrogens (tertiary/aromatic N) is 2. The highest BCUT2D eigenvalue weighted by Crippen LogP contribution is 2.26. The quantitative estimate of drug-likeness (QED) is 0.718. The van der Waals surface area contributed by atoms with Crippen molar-refractivity contribution in [1.82, 2.24) is 4.90 Å². The molecule has 0 bridgehead atoms. The van der Waals surface area contributed by atoms with Crippen LogP contribution in [0.5, 0.6) is 0 Å². The van der Waals surface area contributed by atoms with Crippen LogP contribution in [0.2, 0.25) is 0 Å². The van der Waals surface area contributed by atoms with Crippen molar-refractivity contribution >= 4 is 5.91 Å². The summed E-state index contributed by atoms with van der Waals surface area (Å²) in [4.78, 5) is 12.9. The van der Waals surface area contributed by atoms with Crippen molar-refractivity contribution in [1.29, 1.82) is 5.26 Å². The Morgan fingerprint density at radius 3 is 2.41 bits per heavy atom. The van der Waals surface area contributed by atoms with Crippen LogP contribution in [0.25, 0.3) is 0 Å². The van der Waals surface area contributed by atoms with Crippen molar-refractivity contribution in [2.24, 2.45) is 0 Å². The summed E-state index contributed by atoms with van der Waals surface area (Å²) in [6.45, 7) is -0.110. The number of hydrogen-bond donors (Lipinski definition) is 0. The lowest BCUT2D eigenvalue weighted by Gasteiger charge is -2.26. The van der Waals surface area contributed by atoms with Gasteiger partial charge in [-0.15, -0.1) is 0 Å². The molecular formula is C11H15F3N2O. The van der Waals surface area contributed by atoms with Gasteiger partial charge in [0, 0.05) is 12.5 Å². The first-order valence-corrected chi connectivity index (χ1v) is 5.67. The van der Waals surface area contributed by atoms with E-state index in [2.05, 4.69) is 0 Å². The molecule has 0 aromatic rings. The Kier molecular flexibility index (Phi) is 4.79. The van der Waals surface area contributed by atoms with Gasteiger partial charge in [0.25, 0.3) is 0 Å². The normalized spacial score (nSPS) is 16.8. The van der Waals surface area contributed by atoms with Crippen molar-refractivity contribution < 1.29 is 18.0 Å². The smallest absolute Gasteiger partial charge is 0.326 e. The number of nitriles is 1. The van der Waals surface area contributed by atoms with Crippen molar-refractivity contribution in [3.8, 4) is 6.07 Å². The second kappa shape index (κ2) is 5.89. The molecule has 1 rings (SSSR count). The van der Waals surface area contributed by atoms with Crippen LogP contribution in [0.15, 0.2) is 0 Å². The Morgan fingerprint density at radius 2 is 1.94 bits per heavy atom. The van der Waals surface area contributed by atoms with Gasteiger partial charge in [0.1, 0.15) is 6.54 Å². The zero-order chi connectivity index (χ0) is 12.9. The summed E-state index contributed by atoms with van der Waals surface area (Å²) in [5.41, 5.74) is 0. The summed E-state index contributed by atoms with van der Waals surface area (Å²) in [6, 6.07) is 1.80. The Hall–Kier alpha value is -1.25.